The summed E-state index contributed by atoms with van der Waals surface area (Å²) in [6.45, 7) is 0. The standard InChI is InChI=1S/C3H7ClN4/c4-2(6)1(5)3(7)8/h2,5H,6H2,(H3,7,8). The second kappa shape index (κ2) is 2.64. The number of alkyl halides is 1. The van der Waals surface area contributed by atoms with E-state index in [2.05, 4.69) is 0 Å². The third kappa shape index (κ3) is 1.90. The van der Waals surface area contributed by atoms with E-state index in [0.29, 0.717) is 0 Å². The molecular formula is C3H7ClN4. The Bertz CT molecular complexity index is 118. The largest absolute Gasteiger partial charge is 0.383 e. The first-order valence-corrected chi connectivity index (χ1v) is 2.32. The van der Waals surface area contributed by atoms with E-state index in [0.717, 1.165) is 0 Å². The zero-order chi connectivity index (χ0) is 6.73. The fourth-order valence-electron chi connectivity index (χ4n) is 0.149. The van der Waals surface area contributed by atoms with E-state index < -0.39 is 5.50 Å². The van der Waals surface area contributed by atoms with Crippen molar-refractivity contribution in [3.8, 4) is 0 Å². The van der Waals surface area contributed by atoms with Crippen LogP contribution < -0.4 is 11.5 Å². The highest BCUT2D eigenvalue weighted by molar-refractivity contribution is 6.50. The quantitative estimate of drug-likeness (QED) is 0.177. The first-order valence-electron chi connectivity index (χ1n) is 1.88. The molecule has 1 unspecified atom stereocenters. The fraction of sp³-hybridized carbons (Fsp3) is 0.333. The summed E-state index contributed by atoms with van der Waals surface area (Å²) in [5.74, 6) is -0.382. The van der Waals surface area contributed by atoms with Crippen molar-refractivity contribution in [1.29, 1.82) is 10.8 Å². The van der Waals surface area contributed by atoms with Crippen LogP contribution in [-0.2, 0) is 0 Å². The number of rotatable bonds is 2. The van der Waals surface area contributed by atoms with Crippen molar-refractivity contribution in [1.82, 2.24) is 0 Å². The minimum Gasteiger partial charge on any atom is -0.383 e. The van der Waals surface area contributed by atoms with Gasteiger partial charge in [0.1, 0.15) is 17.0 Å². The monoisotopic (exact) mass is 134 g/mol. The van der Waals surface area contributed by atoms with Gasteiger partial charge in [0, 0.05) is 0 Å². The van der Waals surface area contributed by atoms with Crippen molar-refractivity contribution in [3.63, 3.8) is 0 Å². The molecule has 0 bridgehead atoms. The lowest BCUT2D eigenvalue weighted by Gasteiger charge is -2.00. The molecule has 0 rings (SSSR count). The second-order valence-electron chi connectivity index (χ2n) is 1.23. The maximum atomic E-state index is 6.79. The van der Waals surface area contributed by atoms with E-state index >= 15 is 0 Å². The van der Waals surface area contributed by atoms with Crippen LogP contribution in [-0.4, -0.2) is 17.0 Å². The van der Waals surface area contributed by atoms with Crippen LogP contribution in [0.4, 0.5) is 0 Å². The maximum absolute atomic E-state index is 6.79. The predicted octanol–water partition coefficient (Wildman–Crippen LogP) is -0.534. The first kappa shape index (κ1) is 7.39. The van der Waals surface area contributed by atoms with E-state index in [-0.39, 0.29) is 11.5 Å². The fourth-order valence-corrected chi connectivity index (χ4v) is 0.266. The Morgan fingerprint density at radius 3 is 1.88 bits per heavy atom. The smallest absolute Gasteiger partial charge is 0.139 e. The van der Waals surface area contributed by atoms with Gasteiger partial charge in [0.2, 0.25) is 0 Å². The zero-order valence-corrected chi connectivity index (χ0v) is 4.87. The van der Waals surface area contributed by atoms with Gasteiger partial charge < -0.3 is 11.5 Å². The summed E-state index contributed by atoms with van der Waals surface area (Å²) >= 11 is 5.16. The van der Waals surface area contributed by atoms with Crippen LogP contribution in [0.1, 0.15) is 0 Å². The molecule has 1 atom stereocenters. The molecule has 0 saturated heterocycles. The van der Waals surface area contributed by atoms with Gasteiger partial charge in [0.15, 0.2) is 0 Å². The molecule has 46 valence electrons. The van der Waals surface area contributed by atoms with Crippen molar-refractivity contribution in [2.75, 3.05) is 0 Å². The Morgan fingerprint density at radius 2 is 1.88 bits per heavy atom. The van der Waals surface area contributed by atoms with Crippen LogP contribution in [0.15, 0.2) is 0 Å². The van der Waals surface area contributed by atoms with Gasteiger partial charge in [-0.05, 0) is 0 Å². The van der Waals surface area contributed by atoms with Crippen molar-refractivity contribution in [2.45, 2.75) is 5.50 Å². The average molecular weight is 135 g/mol. The van der Waals surface area contributed by atoms with Crippen molar-refractivity contribution < 1.29 is 0 Å². The molecular weight excluding hydrogens is 128 g/mol. The van der Waals surface area contributed by atoms with E-state index in [1.165, 1.54) is 0 Å². The minimum absolute atomic E-state index is 0.244. The number of amidine groups is 1. The highest BCUT2D eigenvalue weighted by Crippen LogP contribution is 1.85. The molecule has 6 N–H and O–H groups in total. The van der Waals surface area contributed by atoms with Crippen molar-refractivity contribution in [3.05, 3.63) is 0 Å². The highest BCUT2D eigenvalue weighted by atomic mass is 35.5. The molecule has 0 heterocycles. The third-order valence-electron chi connectivity index (χ3n) is 0.566. The van der Waals surface area contributed by atoms with Gasteiger partial charge in [0.05, 0.1) is 0 Å². The van der Waals surface area contributed by atoms with Crippen LogP contribution >= 0.6 is 11.6 Å². The van der Waals surface area contributed by atoms with Gasteiger partial charge in [0.25, 0.3) is 0 Å². The third-order valence-corrected chi connectivity index (χ3v) is 0.784. The van der Waals surface area contributed by atoms with Crippen molar-refractivity contribution >= 4 is 23.1 Å². The average Bonchev–Trinajstić information content (AvgIpc) is 1.64. The van der Waals surface area contributed by atoms with Crippen LogP contribution in [0.25, 0.3) is 0 Å². The molecule has 5 heteroatoms. The normalized spacial score (nSPS) is 12.8. The summed E-state index contributed by atoms with van der Waals surface area (Å²) in [5, 5.41) is 13.4. The molecule has 0 aromatic rings. The minimum atomic E-state index is -0.951. The Hall–Kier alpha value is -0.610. The molecule has 0 spiro atoms. The molecule has 8 heavy (non-hydrogen) atoms. The number of halogens is 1. The van der Waals surface area contributed by atoms with Crippen LogP contribution in [0, 0.1) is 10.8 Å². The van der Waals surface area contributed by atoms with Gasteiger partial charge in [-0.2, -0.15) is 0 Å². The molecule has 0 aromatic heterocycles. The number of nitrogens with one attached hydrogen (secondary N) is 2. The molecule has 0 aliphatic heterocycles. The van der Waals surface area contributed by atoms with Crippen LogP contribution in [0.2, 0.25) is 0 Å². The van der Waals surface area contributed by atoms with E-state index in [1.807, 2.05) is 0 Å². The molecule has 0 aromatic carbocycles. The summed E-state index contributed by atoms with van der Waals surface area (Å²) in [7, 11) is 0. The first-order chi connectivity index (χ1) is 3.55. The SMILES string of the molecule is N=C(N)C(=N)C(N)Cl. The molecule has 0 saturated carbocycles. The lowest BCUT2D eigenvalue weighted by atomic mass is 10.3. The molecule has 0 aliphatic rings. The van der Waals surface area contributed by atoms with Gasteiger partial charge in [-0.3, -0.25) is 10.8 Å². The Kier molecular flexibility index (Phi) is 2.44. The Labute approximate surface area is 51.8 Å². The highest BCUT2D eigenvalue weighted by Gasteiger charge is 2.06. The topological polar surface area (TPSA) is 99.7 Å². The number of hydrogen-bond donors (Lipinski definition) is 4. The summed E-state index contributed by atoms with van der Waals surface area (Å²) in [5.41, 5.74) is 8.59. The lowest BCUT2D eigenvalue weighted by Crippen LogP contribution is -2.34. The number of hydrogen-bond acceptors (Lipinski definition) is 3. The summed E-state index contributed by atoms with van der Waals surface area (Å²) < 4.78 is 0. The molecule has 4 nitrogen and oxygen atoms in total. The summed E-state index contributed by atoms with van der Waals surface area (Å²) in [4.78, 5) is 0. The summed E-state index contributed by atoms with van der Waals surface area (Å²) in [6, 6.07) is 0. The van der Waals surface area contributed by atoms with Crippen LogP contribution in [0.5, 0.6) is 0 Å². The molecule has 0 aliphatic carbocycles. The van der Waals surface area contributed by atoms with Gasteiger partial charge >= 0.3 is 0 Å². The van der Waals surface area contributed by atoms with Gasteiger partial charge in [-0.25, -0.2) is 0 Å². The van der Waals surface area contributed by atoms with Gasteiger partial charge in [-0.1, -0.05) is 11.6 Å². The van der Waals surface area contributed by atoms with Crippen LogP contribution in [0.3, 0.4) is 0 Å². The maximum Gasteiger partial charge on any atom is 0.139 e. The van der Waals surface area contributed by atoms with E-state index in [1.54, 1.807) is 0 Å². The molecule has 0 fully saturated rings. The van der Waals surface area contributed by atoms with E-state index in [4.69, 9.17) is 33.9 Å². The second-order valence-corrected chi connectivity index (χ2v) is 1.70. The Morgan fingerprint density at radius 1 is 1.50 bits per heavy atom. The van der Waals surface area contributed by atoms with Crippen molar-refractivity contribution in [2.24, 2.45) is 11.5 Å². The molecule has 0 amide bonds. The van der Waals surface area contributed by atoms with Gasteiger partial charge in [-0.15, -0.1) is 0 Å². The predicted molar refractivity (Wildman–Crippen MR) is 33.5 cm³/mol. The van der Waals surface area contributed by atoms with E-state index in [9.17, 15) is 0 Å². The zero-order valence-electron chi connectivity index (χ0n) is 4.11. The Balaban J connectivity index is 3.84. The summed E-state index contributed by atoms with van der Waals surface area (Å²) in [6.07, 6.45) is 0. The lowest BCUT2D eigenvalue weighted by molar-refractivity contribution is 1.18. The number of nitrogens with two attached hydrogens (primary N) is 2. The molecule has 0 radical (unpaired) electrons.